The average molecular weight is 345 g/mol. The Morgan fingerprint density at radius 1 is 1.23 bits per heavy atom. The van der Waals surface area contributed by atoms with Gasteiger partial charge >= 0.3 is 0 Å². The van der Waals surface area contributed by atoms with Gasteiger partial charge in [0.15, 0.2) is 0 Å². The van der Waals surface area contributed by atoms with E-state index in [1.165, 1.54) is 6.42 Å². The minimum Gasteiger partial charge on any atom is -0.302 e. The van der Waals surface area contributed by atoms with Crippen LogP contribution in [0.15, 0.2) is 24.3 Å². The Balaban J connectivity index is 2.02. The first-order valence-corrected chi connectivity index (χ1v) is 9.75. The summed E-state index contributed by atoms with van der Waals surface area (Å²) in [6.07, 6.45) is 5.65. The molecule has 124 valence electrons. The summed E-state index contributed by atoms with van der Waals surface area (Å²) in [6, 6.07) is 7.00. The van der Waals surface area contributed by atoms with E-state index in [4.69, 9.17) is 11.6 Å². The predicted octanol–water partition coefficient (Wildman–Crippen LogP) is 3.02. The molecule has 1 N–H and O–H groups in total. The highest BCUT2D eigenvalue weighted by atomic mass is 35.5. The molecule has 0 unspecified atom stereocenters. The maximum absolute atomic E-state index is 12.3. The van der Waals surface area contributed by atoms with Crippen LogP contribution in [0.2, 0.25) is 5.02 Å². The number of rotatable bonds is 6. The van der Waals surface area contributed by atoms with Gasteiger partial charge in [-0.05, 0) is 44.6 Å². The highest BCUT2D eigenvalue weighted by molar-refractivity contribution is 7.88. The van der Waals surface area contributed by atoms with Crippen molar-refractivity contribution in [2.45, 2.75) is 43.4 Å². The summed E-state index contributed by atoms with van der Waals surface area (Å²) in [7, 11) is 0.719. The van der Waals surface area contributed by atoms with Crippen LogP contribution in [0.25, 0.3) is 0 Å². The molecule has 0 spiro atoms. The first-order chi connectivity index (χ1) is 10.3. The van der Waals surface area contributed by atoms with Crippen molar-refractivity contribution in [2.24, 2.45) is 0 Å². The molecule has 22 heavy (non-hydrogen) atoms. The zero-order chi connectivity index (χ0) is 16.2. The molecule has 2 rings (SSSR count). The van der Waals surface area contributed by atoms with Crippen LogP contribution in [-0.2, 0) is 15.8 Å². The summed E-state index contributed by atoms with van der Waals surface area (Å²) in [4.78, 5) is 2.17. The van der Waals surface area contributed by atoms with E-state index in [-0.39, 0.29) is 11.3 Å². The second-order valence-electron chi connectivity index (χ2n) is 6.39. The van der Waals surface area contributed by atoms with Gasteiger partial charge in [0, 0.05) is 17.1 Å². The third-order valence-corrected chi connectivity index (χ3v) is 6.13. The number of nitrogens with one attached hydrogen (secondary N) is 1. The number of benzene rings is 1. The van der Waals surface area contributed by atoms with E-state index >= 15 is 0 Å². The number of likely N-dealkylation sites (N-methyl/N-ethyl adjacent to an activating group) is 1. The third kappa shape index (κ3) is 4.69. The Morgan fingerprint density at radius 3 is 2.50 bits per heavy atom. The molecule has 0 bridgehead atoms. The van der Waals surface area contributed by atoms with Crippen molar-refractivity contribution >= 4 is 21.6 Å². The Bertz CT molecular complexity index is 596. The Morgan fingerprint density at radius 2 is 1.91 bits per heavy atom. The van der Waals surface area contributed by atoms with Crippen molar-refractivity contribution in [3.8, 4) is 0 Å². The van der Waals surface area contributed by atoms with Crippen molar-refractivity contribution in [1.82, 2.24) is 9.62 Å². The molecule has 0 amide bonds. The largest absolute Gasteiger partial charge is 0.302 e. The topological polar surface area (TPSA) is 49.4 Å². The second-order valence-corrected chi connectivity index (χ2v) is 8.63. The van der Waals surface area contributed by atoms with E-state index < -0.39 is 10.0 Å². The summed E-state index contributed by atoms with van der Waals surface area (Å²) >= 11 is 5.91. The Kier molecular flexibility index (Phi) is 5.88. The SMILES string of the molecule is CN(C)C1(CNS(=O)(=O)Cc2cccc(Cl)c2)CCCCC1. The number of hydrogen-bond donors (Lipinski definition) is 1. The molecular formula is C16H25ClN2O2S. The van der Waals surface area contributed by atoms with Crippen molar-refractivity contribution in [3.63, 3.8) is 0 Å². The highest BCUT2D eigenvalue weighted by Crippen LogP contribution is 2.31. The molecule has 1 aromatic rings. The Labute approximate surface area is 138 Å². The van der Waals surface area contributed by atoms with E-state index in [1.54, 1.807) is 24.3 Å². The summed E-state index contributed by atoms with van der Waals surface area (Å²) < 4.78 is 27.5. The van der Waals surface area contributed by atoms with E-state index in [2.05, 4.69) is 9.62 Å². The van der Waals surface area contributed by atoms with Gasteiger partial charge in [0.1, 0.15) is 0 Å². The average Bonchev–Trinajstić information content (AvgIpc) is 2.46. The molecule has 0 heterocycles. The van der Waals surface area contributed by atoms with Crippen molar-refractivity contribution < 1.29 is 8.42 Å². The molecule has 1 aromatic carbocycles. The van der Waals surface area contributed by atoms with Crippen LogP contribution in [0.1, 0.15) is 37.7 Å². The van der Waals surface area contributed by atoms with E-state index in [0.29, 0.717) is 17.1 Å². The minimum atomic E-state index is -3.36. The summed E-state index contributed by atoms with van der Waals surface area (Å²) in [5, 5.41) is 0.560. The number of nitrogens with zero attached hydrogens (tertiary/aromatic N) is 1. The summed E-state index contributed by atoms with van der Waals surface area (Å²) in [6.45, 7) is 0.475. The van der Waals surface area contributed by atoms with Crippen LogP contribution in [0.5, 0.6) is 0 Å². The maximum atomic E-state index is 12.3. The smallest absolute Gasteiger partial charge is 0.215 e. The van der Waals surface area contributed by atoms with Gasteiger partial charge in [0.05, 0.1) is 5.75 Å². The van der Waals surface area contributed by atoms with Gasteiger partial charge < -0.3 is 4.90 Å². The molecule has 0 aliphatic heterocycles. The van der Waals surface area contributed by atoms with Crippen molar-refractivity contribution in [2.75, 3.05) is 20.6 Å². The van der Waals surface area contributed by atoms with E-state index in [1.807, 2.05) is 14.1 Å². The molecule has 0 saturated heterocycles. The minimum absolute atomic E-state index is 0.0307. The molecular weight excluding hydrogens is 320 g/mol. The van der Waals surface area contributed by atoms with Crippen LogP contribution in [0.3, 0.4) is 0 Å². The standard InChI is InChI=1S/C16H25ClN2O2S/c1-19(2)16(9-4-3-5-10-16)13-18-22(20,21)12-14-7-6-8-15(17)11-14/h6-8,11,18H,3-5,9-10,12-13H2,1-2H3. The third-order valence-electron chi connectivity index (χ3n) is 4.60. The molecule has 6 heteroatoms. The van der Waals surface area contributed by atoms with Gasteiger partial charge in [-0.15, -0.1) is 0 Å². The monoisotopic (exact) mass is 344 g/mol. The molecule has 4 nitrogen and oxygen atoms in total. The lowest BCUT2D eigenvalue weighted by Crippen LogP contribution is -2.53. The van der Waals surface area contributed by atoms with Gasteiger partial charge in [-0.25, -0.2) is 13.1 Å². The van der Waals surface area contributed by atoms with Gasteiger partial charge in [-0.2, -0.15) is 0 Å². The van der Waals surface area contributed by atoms with Gasteiger partial charge in [0.25, 0.3) is 0 Å². The normalized spacial score (nSPS) is 18.5. The second kappa shape index (κ2) is 7.30. The number of sulfonamides is 1. The lowest BCUT2D eigenvalue weighted by Gasteiger charge is -2.43. The fraction of sp³-hybridized carbons (Fsp3) is 0.625. The molecule has 1 aliphatic carbocycles. The summed E-state index contributed by atoms with van der Waals surface area (Å²) in [5.74, 6) is -0.0307. The van der Waals surface area contributed by atoms with Crippen molar-refractivity contribution in [3.05, 3.63) is 34.9 Å². The number of halogens is 1. The lowest BCUT2D eigenvalue weighted by atomic mass is 9.81. The maximum Gasteiger partial charge on any atom is 0.215 e. The first-order valence-electron chi connectivity index (χ1n) is 7.72. The summed E-state index contributed by atoms with van der Waals surface area (Å²) in [5.41, 5.74) is 0.655. The fourth-order valence-corrected chi connectivity index (χ4v) is 4.56. The molecule has 0 atom stereocenters. The highest BCUT2D eigenvalue weighted by Gasteiger charge is 2.35. The van der Waals surface area contributed by atoms with Gasteiger partial charge in [0.2, 0.25) is 10.0 Å². The molecule has 0 radical (unpaired) electrons. The molecule has 1 aliphatic rings. The van der Waals surface area contributed by atoms with E-state index in [9.17, 15) is 8.42 Å². The molecule has 1 fully saturated rings. The Hall–Kier alpha value is -0.620. The van der Waals surface area contributed by atoms with Gasteiger partial charge in [-0.3, -0.25) is 0 Å². The number of hydrogen-bond acceptors (Lipinski definition) is 3. The van der Waals surface area contributed by atoms with Crippen LogP contribution < -0.4 is 4.72 Å². The zero-order valence-electron chi connectivity index (χ0n) is 13.3. The van der Waals surface area contributed by atoms with Crippen LogP contribution >= 0.6 is 11.6 Å². The fourth-order valence-electron chi connectivity index (χ4n) is 3.13. The van der Waals surface area contributed by atoms with Crippen LogP contribution in [0, 0.1) is 0 Å². The zero-order valence-corrected chi connectivity index (χ0v) is 14.9. The first kappa shape index (κ1) is 17.7. The van der Waals surface area contributed by atoms with Gasteiger partial charge in [-0.1, -0.05) is 43.0 Å². The molecule has 0 aromatic heterocycles. The van der Waals surface area contributed by atoms with E-state index in [0.717, 1.165) is 25.7 Å². The van der Waals surface area contributed by atoms with Crippen molar-refractivity contribution in [1.29, 1.82) is 0 Å². The van der Waals surface area contributed by atoms with Crippen LogP contribution in [-0.4, -0.2) is 39.5 Å². The lowest BCUT2D eigenvalue weighted by molar-refractivity contribution is 0.105. The predicted molar refractivity (Wildman–Crippen MR) is 91.6 cm³/mol. The molecule has 1 saturated carbocycles. The van der Waals surface area contributed by atoms with Crippen LogP contribution in [0.4, 0.5) is 0 Å². The quantitative estimate of drug-likeness (QED) is 0.863.